The van der Waals surface area contributed by atoms with Crippen LogP contribution in [-0.4, -0.2) is 36.4 Å². The summed E-state index contributed by atoms with van der Waals surface area (Å²) in [4.78, 5) is 27.3. The van der Waals surface area contributed by atoms with Crippen LogP contribution in [0.15, 0.2) is 84.9 Å². The van der Waals surface area contributed by atoms with Crippen molar-refractivity contribution in [2.75, 3.05) is 19.7 Å². The molecular weight excluding hydrogens is 419 g/mol. The summed E-state index contributed by atoms with van der Waals surface area (Å²) < 4.78 is 19.0. The molecule has 6 heteroatoms. The number of nitrogens with zero attached hydrogens (tertiary/aromatic N) is 1. The number of ether oxygens (including phenoxy) is 1. The van der Waals surface area contributed by atoms with Crippen molar-refractivity contribution in [1.29, 1.82) is 0 Å². The van der Waals surface area contributed by atoms with Gasteiger partial charge in [0.15, 0.2) is 6.61 Å². The van der Waals surface area contributed by atoms with Gasteiger partial charge in [0, 0.05) is 19.0 Å². The van der Waals surface area contributed by atoms with Gasteiger partial charge in [0.2, 0.25) is 5.91 Å². The van der Waals surface area contributed by atoms with Crippen LogP contribution in [0.5, 0.6) is 5.75 Å². The molecule has 0 aromatic heterocycles. The standard InChI is InChI=1S/C27H27FN2O3/c28-23-13-11-21(12-14-23)26(20-7-3-1-4-8-20)29-27(32)22-15-17-30(18-16-22)25(31)19-33-24-9-5-2-6-10-24/h1-14,22,26H,15-19H2,(H,29,32). The highest BCUT2D eigenvalue weighted by atomic mass is 19.1. The molecule has 1 N–H and O–H groups in total. The first kappa shape index (κ1) is 22.5. The first-order valence-electron chi connectivity index (χ1n) is 11.2. The summed E-state index contributed by atoms with van der Waals surface area (Å²) in [5.41, 5.74) is 1.75. The van der Waals surface area contributed by atoms with E-state index in [1.807, 2.05) is 60.7 Å². The van der Waals surface area contributed by atoms with Crippen LogP contribution in [0.2, 0.25) is 0 Å². The summed E-state index contributed by atoms with van der Waals surface area (Å²) >= 11 is 0. The zero-order valence-corrected chi connectivity index (χ0v) is 18.3. The first-order chi connectivity index (χ1) is 16.1. The van der Waals surface area contributed by atoms with Crippen molar-refractivity contribution in [2.24, 2.45) is 5.92 Å². The molecule has 1 saturated heterocycles. The molecular formula is C27H27FN2O3. The van der Waals surface area contributed by atoms with Gasteiger partial charge in [-0.2, -0.15) is 0 Å². The van der Waals surface area contributed by atoms with E-state index in [9.17, 15) is 14.0 Å². The minimum absolute atomic E-state index is 0.0124. The van der Waals surface area contributed by atoms with Crippen LogP contribution < -0.4 is 10.1 Å². The zero-order chi connectivity index (χ0) is 23.0. The van der Waals surface area contributed by atoms with Crippen LogP contribution in [0.25, 0.3) is 0 Å². The Morgan fingerprint density at radius 1 is 0.879 bits per heavy atom. The number of carbonyl (C=O) groups is 2. The number of halogens is 1. The maximum Gasteiger partial charge on any atom is 0.260 e. The van der Waals surface area contributed by atoms with Crippen molar-refractivity contribution in [1.82, 2.24) is 10.2 Å². The molecule has 0 saturated carbocycles. The number of para-hydroxylation sites is 1. The van der Waals surface area contributed by atoms with E-state index in [2.05, 4.69) is 5.32 Å². The van der Waals surface area contributed by atoms with Crippen molar-refractivity contribution < 1.29 is 18.7 Å². The summed E-state index contributed by atoms with van der Waals surface area (Å²) in [7, 11) is 0. The first-order valence-corrected chi connectivity index (χ1v) is 11.2. The average molecular weight is 447 g/mol. The monoisotopic (exact) mass is 446 g/mol. The van der Waals surface area contributed by atoms with Crippen molar-refractivity contribution in [3.05, 3.63) is 102 Å². The lowest BCUT2D eigenvalue weighted by Crippen LogP contribution is -2.45. The SMILES string of the molecule is O=C(NC(c1ccccc1)c1ccc(F)cc1)C1CCN(C(=O)COc2ccccc2)CC1. The van der Waals surface area contributed by atoms with Crippen LogP contribution in [-0.2, 0) is 9.59 Å². The molecule has 170 valence electrons. The highest BCUT2D eigenvalue weighted by Gasteiger charge is 2.29. The van der Waals surface area contributed by atoms with Crippen molar-refractivity contribution in [2.45, 2.75) is 18.9 Å². The average Bonchev–Trinajstić information content (AvgIpc) is 2.87. The van der Waals surface area contributed by atoms with E-state index in [0.29, 0.717) is 31.7 Å². The summed E-state index contributed by atoms with van der Waals surface area (Å²) in [6.07, 6.45) is 1.18. The van der Waals surface area contributed by atoms with Gasteiger partial charge in [0.25, 0.3) is 5.91 Å². The maximum absolute atomic E-state index is 13.4. The fourth-order valence-electron chi connectivity index (χ4n) is 4.06. The Labute approximate surface area is 193 Å². The number of hydrogen-bond acceptors (Lipinski definition) is 3. The van der Waals surface area contributed by atoms with Crippen molar-refractivity contribution in [3.63, 3.8) is 0 Å². The Morgan fingerprint density at radius 2 is 1.45 bits per heavy atom. The fourth-order valence-corrected chi connectivity index (χ4v) is 4.06. The molecule has 2 amide bonds. The van der Waals surface area contributed by atoms with E-state index < -0.39 is 0 Å². The molecule has 1 fully saturated rings. The predicted octanol–water partition coefficient (Wildman–Crippen LogP) is 4.35. The van der Waals surface area contributed by atoms with Crippen molar-refractivity contribution in [3.8, 4) is 5.75 Å². The molecule has 3 aromatic carbocycles. The van der Waals surface area contributed by atoms with Crippen LogP contribution in [0.4, 0.5) is 4.39 Å². The second-order valence-corrected chi connectivity index (χ2v) is 8.16. The Hall–Kier alpha value is -3.67. The van der Waals surface area contributed by atoms with E-state index in [1.54, 1.807) is 17.0 Å². The van der Waals surface area contributed by atoms with Gasteiger partial charge in [-0.1, -0.05) is 60.7 Å². The Balaban J connectivity index is 1.34. The Bertz CT molecular complexity index is 1050. The number of rotatable bonds is 7. The highest BCUT2D eigenvalue weighted by Crippen LogP contribution is 2.25. The minimum atomic E-state index is -0.363. The lowest BCUT2D eigenvalue weighted by Gasteiger charge is -2.32. The molecule has 4 rings (SSSR count). The molecule has 1 atom stereocenters. The van der Waals surface area contributed by atoms with Gasteiger partial charge in [0.05, 0.1) is 6.04 Å². The van der Waals surface area contributed by atoms with Crippen LogP contribution >= 0.6 is 0 Å². The van der Waals surface area contributed by atoms with Gasteiger partial charge in [-0.15, -0.1) is 0 Å². The number of benzene rings is 3. The van der Waals surface area contributed by atoms with Gasteiger partial charge in [-0.05, 0) is 48.2 Å². The van der Waals surface area contributed by atoms with Crippen LogP contribution in [0, 0.1) is 11.7 Å². The number of carbonyl (C=O) groups excluding carboxylic acids is 2. The number of hydrogen-bond donors (Lipinski definition) is 1. The molecule has 0 bridgehead atoms. The third kappa shape index (κ3) is 5.98. The van der Waals surface area contributed by atoms with Gasteiger partial charge in [-0.25, -0.2) is 4.39 Å². The highest BCUT2D eigenvalue weighted by molar-refractivity contribution is 5.81. The largest absolute Gasteiger partial charge is 0.484 e. The zero-order valence-electron chi connectivity index (χ0n) is 18.3. The molecule has 0 aliphatic carbocycles. The van der Waals surface area contributed by atoms with Crippen LogP contribution in [0.3, 0.4) is 0 Å². The third-order valence-corrected chi connectivity index (χ3v) is 5.95. The number of amides is 2. The Morgan fingerprint density at radius 3 is 2.09 bits per heavy atom. The lowest BCUT2D eigenvalue weighted by molar-refractivity contribution is -0.137. The molecule has 1 aliphatic heterocycles. The van der Waals surface area contributed by atoms with Gasteiger partial charge in [0.1, 0.15) is 11.6 Å². The summed E-state index contributed by atoms with van der Waals surface area (Å²) in [6.45, 7) is 1.02. The second kappa shape index (κ2) is 10.8. The fraction of sp³-hybridized carbons (Fsp3) is 0.259. The summed E-state index contributed by atoms with van der Waals surface area (Å²) in [5.74, 6) is 0.0285. The molecule has 0 radical (unpaired) electrons. The quantitative estimate of drug-likeness (QED) is 0.587. The number of nitrogens with one attached hydrogen (secondary N) is 1. The number of likely N-dealkylation sites (tertiary alicyclic amines) is 1. The van der Waals surface area contributed by atoms with E-state index in [-0.39, 0.29) is 36.2 Å². The molecule has 1 unspecified atom stereocenters. The Kier molecular flexibility index (Phi) is 7.35. The maximum atomic E-state index is 13.4. The lowest BCUT2D eigenvalue weighted by atomic mass is 9.93. The third-order valence-electron chi connectivity index (χ3n) is 5.95. The van der Waals surface area contributed by atoms with Gasteiger partial charge in [-0.3, -0.25) is 9.59 Å². The molecule has 3 aromatic rings. The van der Waals surface area contributed by atoms with E-state index >= 15 is 0 Å². The molecule has 1 aliphatic rings. The molecule has 33 heavy (non-hydrogen) atoms. The van der Waals surface area contributed by atoms with Crippen molar-refractivity contribution >= 4 is 11.8 Å². The minimum Gasteiger partial charge on any atom is -0.484 e. The van der Waals surface area contributed by atoms with E-state index in [4.69, 9.17) is 4.74 Å². The molecule has 0 spiro atoms. The summed E-state index contributed by atoms with van der Waals surface area (Å²) in [6, 6.07) is 24.7. The van der Waals surface area contributed by atoms with E-state index in [1.165, 1.54) is 12.1 Å². The second-order valence-electron chi connectivity index (χ2n) is 8.16. The normalized spacial score (nSPS) is 15.0. The predicted molar refractivity (Wildman–Crippen MR) is 124 cm³/mol. The smallest absolute Gasteiger partial charge is 0.260 e. The van der Waals surface area contributed by atoms with Gasteiger partial charge >= 0.3 is 0 Å². The summed E-state index contributed by atoms with van der Waals surface area (Å²) in [5, 5.41) is 3.14. The van der Waals surface area contributed by atoms with E-state index in [0.717, 1.165) is 11.1 Å². The number of piperidine rings is 1. The molecule has 5 nitrogen and oxygen atoms in total. The van der Waals surface area contributed by atoms with Gasteiger partial charge < -0.3 is 15.0 Å². The van der Waals surface area contributed by atoms with Crippen LogP contribution in [0.1, 0.15) is 30.0 Å². The topological polar surface area (TPSA) is 58.6 Å². The molecule has 1 heterocycles.